The van der Waals surface area contributed by atoms with Gasteiger partial charge in [-0.25, -0.2) is 0 Å². The minimum atomic E-state index is -0.256. The maximum atomic E-state index is 6.05. The van der Waals surface area contributed by atoms with Crippen molar-refractivity contribution in [2.45, 2.75) is 26.3 Å². The molecule has 1 aromatic rings. The molecule has 0 saturated heterocycles. The molecule has 0 aliphatic carbocycles. The summed E-state index contributed by atoms with van der Waals surface area (Å²) < 4.78 is 10.8. The molecule has 0 unspecified atom stereocenters. The second kappa shape index (κ2) is 5.48. The molecule has 0 aliphatic heterocycles. The summed E-state index contributed by atoms with van der Waals surface area (Å²) in [4.78, 5) is 2.10. The molecule has 102 valence electrons. The number of hydrogen-bond donors (Lipinski definition) is 1. The molecule has 0 atom stereocenters. The van der Waals surface area contributed by atoms with Gasteiger partial charge < -0.3 is 20.1 Å². The zero-order chi connectivity index (χ0) is 13.9. The van der Waals surface area contributed by atoms with Gasteiger partial charge in [0.15, 0.2) is 0 Å². The van der Waals surface area contributed by atoms with Crippen molar-refractivity contribution in [1.29, 1.82) is 0 Å². The Bertz CT molecular complexity index is 411. The van der Waals surface area contributed by atoms with Crippen molar-refractivity contribution in [1.82, 2.24) is 0 Å². The van der Waals surface area contributed by atoms with Gasteiger partial charge in [-0.3, -0.25) is 0 Å². The highest BCUT2D eigenvalue weighted by molar-refractivity contribution is 5.65. The minimum absolute atomic E-state index is 0.256. The van der Waals surface area contributed by atoms with Crippen LogP contribution in [0, 0.1) is 6.92 Å². The zero-order valence-corrected chi connectivity index (χ0v) is 12.2. The highest BCUT2D eigenvalue weighted by atomic mass is 16.5. The van der Waals surface area contributed by atoms with Crippen LogP contribution in [-0.2, 0) is 0 Å². The van der Waals surface area contributed by atoms with E-state index < -0.39 is 0 Å². The summed E-state index contributed by atoms with van der Waals surface area (Å²) in [6.07, 6.45) is 0. The summed E-state index contributed by atoms with van der Waals surface area (Å²) in [5.74, 6) is 1.66. The fraction of sp³-hybridized carbons (Fsp3) is 0.571. The average Bonchev–Trinajstić information content (AvgIpc) is 2.26. The van der Waals surface area contributed by atoms with Gasteiger partial charge in [0.1, 0.15) is 11.5 Å². The summed E-state index contributed by atoms with van der Waals surface area (Å²) >= 11 is 0. The predicted octanol–water partition coefficient (Wildman–Crippen LogP) is 2.19. The van der Waals surface area contributed by atoms with Crippen LogP contribution in [0.3, 0.4) is 0 Å². The van der Waals surface area contributed by atoms with Crippen LogP contribution in [0.5, 0.6) is 11.5 Å². The van der Waals surface area contributed by atoms with Gasteiger partial charge in [-0.2, -0.15) is 0 Å². The molecule has 0 aromatic heterocycles. The molecule has 0 bridgehead atoms. The van der Waals surface area contributed by atoms with Crippen LogP contribution in [0.2, 0.25) is 0 Å². The standard InChI is InChI=1S/C14H24N2O2/c1-10-12(17-5)8-7-11(13(10)18-6)16(4)9-14(2,3)15/h7-8H,9,15H2,1-6H3. The van der Waals surface area contributed by atoms with Crippen LogP contribution in [0.1, 0.15) is 19.4 Å². The van der Waals surface area contributed by atoms with Crippen molar-refractivity contribution in [3.8, 4) is 11.5 Å². The molecule has 0 spiro atoms. The summed E-state index contributed by atoms with van der Waals surface area (Å²) in [7, 11) is 5.35. The first kappa shape index (κ1) is 14.6. The van der Waals surface area contributed by atoms with Crippen molar-refractivity contribution in [2.75, 3.05) is 32.7 Å². The van der Waals surface area contributed by atoms with Crippen molar-refractivity contribution >= 4 is 5.69 Å². The molecule has 0 radical (unpaired) electrons. The highest BCUT2D eigenvalue weighted by Gasteiger charge is 2.19. The quantitative estimate of drug-likeness (QED) is 0.872. The van der Waals surface area contributed by atoms with Crippen LogP contribution < -0.4 is 20.1 Å². The maximum absolute atomic E-state index is 6.05. The van der Waals surface area contributed by atoms with Crippen LogP contribution in [0.15, 0.2) is 12.1 Å². The number of hydrogen-bond acceptors (Lipinski definition) is 4. The first-order valence-electron chi connectivity index (χ1n) is 6.01. The van der Waals surface area contributed by atoms with Crippen molar-refractivity contribution in [3.05, 3.63) is 17.7 Å². The second-order valence-corrected chi connectivity index (χ2v) is 5.29. The van der Waals surface area contributed by atoms with Gasteiger partial charge in [0, 0.05) is 24.7 Å². The lowest BCUT2D eigenvalue weighted by Crippen LogP contribution is -2.44. The van der Waals surface area contributed by atoms with E-state index in [1.807, 2.05) is 40.0 Å². The van der Waals surface area contributed by atoms with E-state index in [4.69, 9.17) is 15.2 Å². The Morgan fingerprint density at radius 1 is 1.22 bits per heavy atom. The Balaban J connectivity index is 3.13. The summed E-state index contributed by atoms with van der Waals surface area (Å²) in [6.45, 7) is 6.75. The SMILES string of the molecule is COc1ccc(N(C)CC(C)(C)N)c(OC)c1C. The van der Waals surface area contributed by atoms with Gasteiger partial charge in [-0.15, -0.1) is 0 Å². The van der Waals surface area contributed by atoms with E-state index in [9.17, 15) is 0 Å². The Labute approximate surface area is 110 Å². The van der Waals surface area contributed by atoms with Gasteiger partial charge in [0.05, 0.1) is 19.9 Å². The summed E-state index contributed by atoms with van der Waals surface area (Å²) in [5.41, 5.74) is 7.82. The number of methoxy groups -OCH3 is 2. The number of benzene rings is 1. The average molecular weight is 252 g/mol. The van der Waals surface area contributed by atoms with E-state index in [2.05, 4.69) is 4.90 Å². The third-order valence-electron chi connectivity index (χ3n) is 2.82. The fourth-order valence-electron chi connectivity index (χ4n) is 2.14. The lowest BCUT2D eigenvalue weighted by Gasteiger charge is -2.30. The molecule has 1 aromatic carbocycles. The van der Waals surface area contributed by atoms with Crippen LogP contribution in [0.4, 0.5) is 5.69 Å². The normalized spacial score (nSPS) is 11.3. The monoisotopic (exact) mass is 252 g/mol. The number of ether oxygens (including phenoxy) is 2. The molecule has 0 fully saturated rings. The smallest absolute Gasteiger partial charge is 0.148 e. The Hall–Kier alpha value is -1.42. The van der Waals surface area contributed by atoms with E-state index in [0.717, 1.165) is 29.3 Å². The van der Waals surface area contributed by atoms with Crippen molar-refractivity contribution in [2.24, 2.45) is 5.73 Å². The molecule has 4 nitrogen and oxygen atoms in total. The molecule has 0 saturated carbocycles. The fourth-order valence-corrected chi connectivity index (χ4v) is 2.14. The number of rotatable bonds is 5. The van der Waals surface area contributed by atoms with Gasteiger partial charge in [0.2, 0.25) is 0 Å². The third-order valence-corrected chi connectivity index (χ3v) is 2.82. The Morgan fingerprint density at radius 3 is 2.28 bits per heavy atom. The Kier molecular flexibility index (Phi) is 4.46. The molecule has 0 heterocycles. The van der Waals surface area contributed by atoms with Crippen molar-refractivity contribution in [3.63, 3.8) is 0 Å². The number of nitrogens with two attached hydrogens (primary N) is 1. The minimum Gasteiger partial charge on any atom is -0.496 e. The molecule has 0 amide bonds. The van der Waals surface area contributed by atoms with Gasteiger partial charge in [-0.05, 0) is 32.9 Å². The number of likely N-dealkylation sites (N-methyl/N-ethyl adjacent to an activating group) is 1. The predicted molar refractivity (Wildman–Crippen MR) is 75.8 cm³/mol. The first-order valence-corrected chi connectivity index (χ1v) is 6.01. The van der Waals surface area contributed by atoms with E-state index in [0.29, 0.717) is 0 Å². The lowest BCUT2D eigenvalue weighted by molar-refractivity contribution is 0.388. The van der Waals surface area contributed by atoms with Crippen LogP contribution in [0.25, 0.3) is 0 Å². The van der Waals surface area contributed by atoms with Crippen LogP contribution >= 0.6 is 0 Å². The maximum Gasteiger partial charge on any atom is 0.148 e. The topological polar surface area (TPSA) is 47.7 Å². The van der Waals surface area contributed by atoms with Gasteiger partial charge in [-0.1, -0.05) is 0 Å². The second-order valence-electron chi connectivity index (χ2n) is 5.29. The summed E-state index contributed by atoms with van der Waals surface area (Å²) in [6, 6.07) is 3.95. The summed E-state index contributed by atoms with van der Waals surface area (Å²) in [5, 5.41) is 0. The molecule has 18 heavy (non-hydrogen) atoms. The Morgan fingerprint density at radius 2 is 1.83 bits per heavy atom. The lowest BCUT2D eigenvalue weighted by atomic mass is 10.1. The van der Waals surface area contributed by atoms with Gasteiger partial charge >= 0.3 is 0 Å². The van der Waals surface area contributed by atoms with E-state index in [1.54, 1.807) is 14.2 Å². The molecule has 1 rings (SSSR count). The first-order chi connectivity index (χ1) is 8.30. The van der Waals surface area contributed by atoms with E-state index in [-0.39, 0.29) is 5.54 Å². The van der Waals surface area contributed by atoms with E-state index in [1.165, 1.54) is 0 Å². The molecule has 4 heteroatoms. The molecular weight excluding hydrogens is 228 g/mol. The highest BCUT2D eigenvalue weighted by Crippen LogP contribution is 2.36. The number of nitrogens with zero attached hydrogens (tertiary/aromatic N) is 1. The van der Waals surface area contributed by atoms with E-state index >= 15 is 0 Å². The largest absolute Gasteiger partial charge is 0.496 e. The number of anilines is 1. The molecule has 2 N–H and O–H groups in total. The van der Waals surface area contributed by atoms with Crippen LogP contribution in [-0.4, -0.2) is 33.4 Å². The zero-order valence-electron chi connectivity index (χ0n) is 12.2. The van der Waals surface area contributed by atoms with Gasteiger partial charge in [0.25, 0.3) is 0 Å². The van der Waals surface area contributed by atoms with Crippen molar-refractivity contribution < 1.29 is 9.47 Å². The molecule has 0 aliphatic rings. The third kappa shape index (κ3) is 3.29. The molecular formula is C14H24N2O2.